The van der Waals surface area contributed by atoms with E-state index in [2.05, 4.69) is 20.5 Å². The van der Waals surface area contributed by atoms with E-state index in [1.807, 2.05) is 6.07 Å². The second kappa shape index (κ2) is 11.9. The lowest BCUT2D eigenvalue weighted by molar-refractivity contribution is 0.0928. The standard InChI is InChI=1S/C26H35ClN5O5P/c27-22-11-18(1-4-19(22)15-33)13-28-23-21(14-30-25(31-23)32-10-9-26(16-32)7-8-26)24(34)29-12-17-2-5-20(6-3-17)37-38(35)36/h1,4,11,14,17,20,33,38H,2-3,5-10,12-13,15-16H2,(H,29,34)(H,35,36)(H,28,30,31). The number of hydrogen-bond acceptors (Lipinski definition) is 8. The Kier molecular flexibility index (Phi) is 8.55. The topological polar surface area (TPSA) is 137 Å². The Hall–Kier alpha value is -2.23. The lowest BCUT2D eigenvalue weighted by atomic mass is 9.87. The molecule has 3 aliphatic rings. The SMILES string of the molecule is O=C(NCC1CCC(O[PH](=O)O)CC1)c1cnc(N2CCC3(CC3)C2)nc1NCc1ccc(CO)c(Cl)c1. The minimum absolute atomic E-state index is 0.125. The fourth-order valence-electron chi connectivity index (χ4n) is 5.46. The van der Waals surface area contributed by atoms with Gasteiger partial charge in [0.1, 0.15) is 11.4 Å². The van der Waals surface area contributed by atoms with Crippen molar-refractivity contribution in [3.05, 3.63) is 46.1 Å². The number of rotatable bonds is 10. The number of aliphatic hydroxyl groups is 1. The Labute approximate surface area is 228 Å². The predicted octanol–water partition coefficient (Wildman–Crippen LogP) is 3.91. The summed E-state index contributed by atoms with van der Waals surface area (Å²) in [7, 11) is -2.92. The molecule has 4 N–H and O–H groups in total. The summed E-state index contributed by atoms with van der Waals surface area (Å²) in [6.45, 7) is 2.66. The Balaban J connectivity index is 1.26. The van der Waals surface area contributed by atoms with Crippen molar-refractivity contribution in [3.63, 3.8) is 0 Å². The summed E-state index contributed by atoms with van der Waals surface area (Å²) in [5.41, 5.74) is 2.37. The highest BCUT2D eigenvalue weighted by atomic mass is 35.5. The molecule has 1 spiro atoms. The molecule has 1 saturated heterocycles. The van der Waals surface area contributed by atoms with Crippen LogP contribution in [0.15, 0.2) is 24.4 Å². The van der Waals surface area contributed by atoms with Gasteiger partial charge in [-0.05, 0) is 73.5 Å². The molecule has 2 heterocycles. The summed E-state index contributed by atoms with van der Waals surface area (Å²) in [5, 5.41) is 16.2. The molecule has 5 rings (SSSR count). The van der Waals surface area contributed by atoms with E-state index in [1.165, 1.54) is 12.8 Å². The Morgan fingerprint density at radius 2 is 2.03 bits per heavy atom. The largest absolute Gasteiger partial charge is 0.392 e. The van der Waals surface area contributed by atoms with Gasteiger partial charge >= 0.3 is 8.25 Å². The maximum atomic E-state index is 13.2. The zero-order valence-electron chi connectivity index (χ0n) is 21.3. The molecule has 206 valence electrons. The number of nitrogens with one attached hydrogen (secondary N) is 2. The van der Waals surface area contributed by atoms with Crippen LogP contribution in [0.25, 0.3) is 0 Å². The van der Waals surface area contributed by atoms with Gasteiger partial charge in [-0.1, -0.05) is 23.7 Å². The number of benzene rings is 1. The Morgan fingerprint density at radius 3 is 2.68 bits per heavy atom. The van der Waals surface area contributed by atoms with Crippen molar-refractivity contribution < 1.29 is 23.9 Å². The Morgan fingerprint density at radius 1 is 1.24 bits per heavy atom. The number of aliphatic hydroxyl groups excluding tert-OH is 1. The van der Waals surface area contributed by atoms with Gasteiger partial charge in [0.25, 0.3) is 5.91 Å². The van der Waals surface area contributed by atoms with E-state index < -0.39 is 8.25 Å². The van der Waals surface area contributed by atoms with Gasteiger partial charge in [0.15, 0.2) is 0 Å². The van der Waals surface area contributed by atoms with Crippen molar-refractivity contribution >= 4 is 37.5 Å². The molecule has 2 aliphatic carbocycles. The molecule has 10 nitrogen and oxygen atoms in total. The summed E-state index contributed by atoms with van der Waals surface area (Å²) in [4.78, 5) is 33.8. The van der Waals surface area contributed by atoms with E-state index in [9.17, 15) is 14.5 Å². The van der Waals surface area contributed by atoms with Crippen molar-refractivity contribution in [3.8, 4) is 0 Å². The minimum Gasteiger partial charge on any atom is -0.392 e. The molecule has 1 atom stereocenters. The predicted molar refractivity (Wildman–Crippen MR) is 146 cm³/mol. The van der Waals surface area contributed by atoms with Gasteiger partial charge in [-0.25, -0.2) is 4.98 Å². The minimum atomic E-state index is -2.92. The molecule has 1 aromatic carbocycles. The maximum Gasteiger partial charge on any atom is 0.316 e. The highest BCUT2D eigenvalue weighted by molar-refractivity contribution is 7.32. The van der Waals surface area contributed by atoms with Gasteiger partial charge in [0.2, 0.25) is 5.95 Å². The van der Waals surface area contributed by atoms with Gasteiger partial charge < -0.3 is 30.1 Å². The van der Waals surface area contributed by atoms with Crippen molar-refractivity contribution in [2.24, 2.45) is 11.3 Å². The van der Waals surface area contributed by atoms with Crippen molar-refractivity contribution in [2.75, 3.05) is 29.9 Å². The normalized spacial score (nSPS) is 22.9. The summed E-state index contributed by atoms with van der Waals surface area (Å²) in [6, 6.07) is 5.47. The summed E-state index contributed by atoms with van der Waals surface area (Å²) in [6.07, 6.45) is 8.14. The van der Waals surface area contributed by atoms with Crippen molar-refractivity contribution in [2.45, 2.75) is 64.2 Å². The molecule has 1 unspecified atom stereocenters. The van der Waals surface area contributed by atoms with Crippen LogP contribution in [0, 0.1) is 11.3 Å². The van der Waals surface area contributed by atoms with Crippen LogP contribution in [-0.2, 0) is 22.2 Å². The van der Waals surface area contributed by atoms with Crippen LogP contribution in [0.2, 0.25) is 5.02 Å². The van der Waals surface area contributed by atoms with Crippen LogP contribution in [0.1, 0.15) is 66.4 Å². The summed E-state index contributed by atoms with van der Waals surface area (Å²) >= 11 is 6.27. The van der Waals surface area contributed by atoms with Crippen LogP contribution in [0.5, 0.6) is 0 Å². The molecule has 38 heavy (non-hydrogen) atoms. The van der Waals surface area contributed by atoms with E-state index in [1.54, 1.807) is 18.3 Å². The van der Waals surface area contributed by atoms with Crippen LogP contribution in [-0.4, -0.2) is 51.6 Å². The molecule has 3 fully saturated rings. The zero-order valence-corrected chi connectivity index (χ0v) is 23.0. The second-order valence-corrected chi connectivity index (χ2v) is 12.0. The third kappa shape index (κ3) is 6.66. The highest BCUT2D eigenvalue weighted by Crippen LogP contribution is 2.53. The first kappa shape index (κ1) is 27.3. The molecular formula is C26H35ClN5O5P. The molecular weight excluding hydrogens is 529 g/mol. The van der Waals surface area contributed by atoms with Gasteiger partial charge in [-0.2, -0.15) is 4.98 Å². The van der Waals surface area contributed by atoms with Crippen molar-refractivity contribution in [1.82, 2.24) is 15.3 Å². The lowest BCUT2D eigenvalue weighted by Crippen LogP contribution is -2.33. The first-order valence-electron chi connectivity index (χ1n) is 13.3. The van der Waals surface area contributed by atoms with Gasteiger partial charge in [-0.15, -0.1) is 0 Å². The smallest absolute Gasteiger partial charge is 0.316 e. The number of halogens is 1. The third-order valence-corrected chi connectivity index (χ3v) is 8.95. The van der Waals surface area contributed by atoms with Crippen LogP contribution in [0.3, 0.4) is 0 Å². The number of nitrogens with zero attached hydrogens (tertiary/aromatic N) is 3. The molecule has 2 aromatic rings. The average molecular weight is 564 g/mol. The van der Waals surface area contributed by atoms with Gasteiger partial charge in [0.05, 0.1) is 12.7 Å². The van der Waals surface area contributed by atoms with E-state index in [0.29, 0.717) is 59.3 Å². The van der Waals surface area contributed by atoms with E-state index in [-0.39, 0.29) is 24.5 Å². The van der Waals surface area contributed by atoms with Crippen molar-refractivity contribution in [1.29, 1.82) is 0 Å². The highest BCUT2D eigenvalue weighted by Gasteiger charge is 2.48. The van der Waals surface area contributed by atoms with Crippen LogP contribution < -0.4 is 15.5 Å². The number of carbonyl (C=O) groups is 1. The van der Waals surface area contributed by atoms with Gasteiger partial charge in [-0.3, -0.25) is 9.36 Å². The number of aromatic nitrogens is 2. The third-order valence-electron chi connectivity index (χ3n) is 8.06. The number of carbonyl (C=O) groups excluding carboxylic acids is 1. The maximum absolute atomic E-state index is 13.2. The van der Waals surface area contributed by atoms with E-state index in [4.69, 9.17) is 26.0 Å². The molecule has 12 heteroatoms. The molecule has 2 saturated carbocycles. The second-order valence-electron chi connectivity index (χ2n) is 10.8. The lowest BCUT2D eigenvalue weighted by Gasteiger charge is -2.27. The molecule has 0 radical (unpaired) electrons. The molecule has 0 bridgehead atoms. The molecule has 1 aromatic heterocycles. The fourth-order valence-corrected chi connectivity index (χ4v) is 6.24. The Bertz CT molecular complexity index is 1190. The first-order chi connectivity index (χ1) is 18.3. The number of anilines is 2. The molecule has 1 amide bonds. The van der Waals surface area contributed by atoms with E-state index in [0.717, 1.165) is 37.9 Å². The van der Waals surface area contributed by atoms with Crippen LogP contribution >= 0.6 is 19.9 Å². The van der Waals surface area contributed by atoms with E-state index >= 15 is 0 Å². The van der Waals surface area contributed by atoms with Crippen LogP contribution in [0.4, 0.5) is 11.8 Å². The fraction of sp³-hybridized carbons (Fsp3) is 0.577. The first-order valence-corrected chi connectivity index (χ1v) is 14.9. The summed E-state index contributed by atoms with van der Waals surface area (Å²) in [5.74, 6) is 1.13. The number of amides is 1. The molecule has 1 aliphatic heterocycles. The number of hydrogen-bond donors (Lipinski definition) is 4. The average Bonchev–Trinajstić information content (AvgIpc) is 3.54. The van der Waals surface area contributed by atoms with Gasteiger partial charge in [0, 0.05) is 37.4 Å². The quantitative estimate of drug-likeness (QED) is 0.317. The zero-order chi connectivity index (χ0) is 26.7. The summed E-state index contributed by atoms with van der Waals surface area (Å²) < 4.78 is 16.0. The monoisotopic (exact) mass is 563 g/mol.